The molecule has 4 nitrogen and oxygen atoms in total. The Hall–Kier alpha value is -1.78. The second kappa shape index (κ2) is 7.57. The largest absolute Gasteiger partial charge is 0.460 e. The third-order valence-electron chi connectivity index (χ3n) is 5.08. The number of hydrogen-bond donors (Lipinski definition) is 1. The van der Waals surface area contributed by atoms with E-state index in [-0.39, 0.29) is 17.3 Å². The number of benzene rings is 1. The summed E-state index contributed by atoms with van der Waals surface area (Å²) in [5.74, 6) is -0.992. The first-order valence-corrected chi connectivity index (χ1v) is 10.2. The SMILES string of the molecule is CC1=C(C(=O)OC(C)C)[C@H](c2ccc(Cl)cc2Cl)C2=C(CC(C)(C)CC2=O)N1. The highest BCUT2D eigenvalue weighted by molar-refractivity contribution is 6.35. The Balaban J connectivity index is 2.21. The van der Waals surface area contributed by atoms with Gasteiger partial charge in [-0.1, -0.05) is 43.1 Å². The first-order chi connectivity index (χ1) is 13.0. The molecule has 1 aromatic carbocycles. The lowest BCUT2D eigenvalue weighted by Crippen LogP contribution is -2.39. The molecule has 0 radical (unpaired) electrons. The molecular formula is C22H25Cl2NO3. The number of carbonyl (C=O) groups excluding carboxylic acids is 2. The highest BCUT2D eigenvalue weighted by Crippen LogP contribution is 2.48. The van der Waals surface area contributed by atoms with Crippen LogP contribution in [-0.4, -0.2) is 17.9 Å². The fraction of sp³-hybridized carbons (Fsp3) is 0.455. The van der Waals surface area contributed by atoms with Crippen LogP contribution in [0.4, 0.5) is 0 Å². The highest BCUT2D eigenvalue weighted by atomic mass is 35.5. The normalized spacial score (nSPS) is 21.6. The van der Waals surface area contributed by atoms with Gasteiger partial charge in [0.2, 0.25) is 0 Å². The molecule has 0 aromatic heterocycles. The van der Waals surface area contributed by atoms with Crippen LogP contribution in [0.5, 0.6) is 0 Å². The number of nitrogens with one attached hydrogen (secondary N) is 1. The van der Waals surface area contributed by atoms with Crippen molar-refractivity contribution in [1.29, 1.82) is 0 Å². The summed E-state index contributed by atoms with van der Waals surface area (Å²) in [7, 11) is 0. The van der Waals surface area contributed by atoms with Crippen molar-refractivity contribution in [3.05, 3.63) is 56.3 Å². The zero-order chi connectivity index (χ0) is 20.8. The van der Waals surface area contributed by atoms with Gasteiger partial charge in [-0.2, -0.15) is 0 Å². The molecule has 1 aromatic rings. The van der Waals surface area contributed by atoms with Crippen molar-refractivity contribution in [1.82, 2.24) is 5.32 Å². The van der Waals surface area contributed by atoms with Gasteiger partial charge >= 0.3 is 5.97 Å². The monoisotopic (exact) mass is 421 g/mol. The number of Topliss-reactive ketones (excluding diaryl/α,β-unsaturated/α-hetero) is 1. The standard InChI is InChI=1S/C22H25Cl2NO3/c1-11(2)28-21(27)18-12(3)25-16-9-22(4,5)10-17(26)20(16)19(18)14-7-6-13(23)8-15(14)24/h6-8,11,19,25H,9-10H2,1-5H3/t19-/m0/s1. The molecule has 28 heavy (non-hydrogen) atoms. The maximum atomic E-state index is 13.2. The van der Waals surface area contributed by atoms with Crippen LogP contribution in [-0.2, 0) is 14.3 Å². The first kappa shape index (κ1) is 20.9. The molecule has 1 heterocycles. The summed E-state index contributed by atoms with van der Waals surface area (Å²) in [4.78, 5) is 26.1. The Morgan fingerprint density at radius 3 is 2.54 bits per heavy atom. The number of halogens is 2. The molecule has 1 aliphatic heterocycles. The molecule has 1 aliphatic carbocycles. The van der Waals surface area contributed by atoms with Gasteiger partial charge in [-0.25, -0.2) is 4.79 Å². The van der Waals surface area contributed by atoms with Crippen LogP contribution in [0.2, 0.25) is 10.0 Å². The topological polar surface area (TPSA) is 55.4 Å². The average Bonchev–Trinajstić information content (AvgIpc) is 2.51. The molecule has 1 N–H and O–H groups in total. The molecular weight excluding hydrogens is 397 g/mol. The van der Waals surface area contributed by atoms with Gasteiger partial charge in [0.1, 0.15) is 0 Å². The van der Waals surface area contributed by atoms with Gasteiger partial charge in [0.15, 0.2) is 5.78 Å². The molecule has 3 rings (SSSR count). The fourth-order valence-corrected chi connectivity index (χ4v) is 4.55. The minimum absolute atomic E-state index is 0.0251. The Labute approximate surface area is 175 Å². The van der Waals surface area contributed by atoms with E-state index in [4.69, 9.17) is 27.9 Å². The number of dihydropyridines is 1. The van der Waals surface area contributed by atoms with Crippen LogP contribution in [0.15, 0.2) is 40.7 Å². The van der Waals surface area contributed by atoms with E-state index in [0.29, 0.717) is 38.9 Å². The minimum Gasteiger partial charge on any atom is -0.460 e. The van der Waals surface area contributed by atoms with Crippen molar-refractivity contribution < 1.29 is 14.3 Å². The lowest BCUT2D eigenvalue weighted by atomic mass is 9.68. The molecule has 6 heteroatoms. The van der Waals surface area contributed by atoms with E-state index >= 15 is 0 Å². The summed E-state index contributed by atoms with van der Waals surface area (Å²) < 4.78 is 5.49. The second-order valence-corrected chi connectivity index (χ2v) is 9.39. The molecule has 0 bridgehead atoms. The number of ketones is 1. The molecule has 0 saturated heterocycles. The van der Waals surface area contributed by atoms with Gasteiger partial charge in [-0.15, -0.1) is 0 Å². The predicted molar refractivity (Wildman–Crippen MR) is 111 cm³/mol. The fourth-order valence-electron chi connectivity index (χ4n) is 4.03. The summed E-state index contributed by atoms with van der Waals surface area (Å²) in [5.41, 5.74) is 3.10. The van der Waals surface area contributed by atoms with Crippen molar-refractivity contribution in [2.45, 2.75) is 59.5 Å². The van der Waals surface area contributed by atoms with E-state index in [0.717, 1.165) is 12.1 Å². The van der Waals surface area contributed by atoms with Gasteiger partial charge in [-0.3, -0.25) is 4.79 Å². The van der Waals surface area contributed by atoms with Crippen molar-refractivity contribution in [2.24, 2.45) is 5.41 Å². The first-order valence-electron chi connectivity index (χ1n) is 9.40. The molecule has 0 unspecified atom stereocenters. The lowest BCUT2D eigenvalue weighted by Gasteiger charge is -2.39. The van der Waals surface area contributed by atoms with Gasteiger partial charge in [0.25, 0.3) is 0 Å². The molecule has 0 spiro atoms. The number of hydrogen-bond acceptors (Lipinski definition) is 4. The maximum Gasteiger partial charge on any atom is 0.337 e. The van der Waals surface area contributed by atoms with E-state index < -0.39 is 11.9 Å². The van der Waals surface area contributed by atoms with E-state index in [1.165, 1.54) is 0 Å². The van der Waals surface area contributed by atoms with E-state index in [1.807, 2.05) is 6.92 Å². The highest BCUT2D eigenvalue weighted by Gasteiger charge is 2.43. The van der Waals surface area contributed by atoms with Crippen LogP contribution < -0.4 is 5.32 Å². The second-order valence-electron chi connectivity index (χ2n) is 8.55. The van der Waals surface area contributed by atoms with Crippen molar-refractivity contribution in [3.8, 4) is 0 Å². The summed E-state index contributed by atoms with van der Waals surface area (Å²) >= 11 is 12.6. The number of allylic oxidation sites excluding steroid dienone is 3. The van der Waals surface area contributed by atoms with Crippen LogP contribution >= 0.6 is 23.2 Å². The summed E-state index contributed by atoms with van der Waals surface area (Å²) in [6.07, 6.45) is 0.867. The zero-order valence-corrected chi connectivity index (χ0v) is 18.3. The van der Waals surface area contributed by atoms with E-state index in [1.54, 1.807) is 32.0 Å². The molecule has 150 valence electrons. The molecule has 0 amide bonds. The van der Waals surface area contributed by atoms with Gasteiger partial charge in [-0.05, 0) is 50.3 Å². The average molecular weight is 422 g/mol. The van der Waals surface area contributed by atoms with Gasteiger partial charge in [0.05, 0.1) is 11.7 Å². The quantitative estimate of drug-likeness (QED) is 0.649. The number of carbonyl (C=O) groups is 2. The predicted octanol–water partition coefficient (Wildman–Crippen LogP) is 5.55. The number of esters is 1. The third kappa shape index (κ3) is 3.99. The minimum atomic E-state index is -0.573. The van der Waals surface area contributed by atoms with Gasteiger partial charge < -0.3 is 10.1 Å². The Morgan fingerprint density at radius 2 is 1.93 bits per heavy atom. The maximum absolute atomic E-state index is 13.2. The van der Waals surface area contributed by atoms with Crippen LogP contribution in [0.1, 0.15) is 58.9 Å². The molecule has 2 aliphatic rings. The number of rotatable bonds is 3. The summed E-state index contributed by atoms with van der Waals surface area (Å²) in [5, 5.41) is 4.23. The summed E-state index contributed by atoms with van der Waals surface area (Å²) in [6, 6.07) is 5.15. The van der Waals surface area contributed by atoms with Crippen LogP contribution in [0, 0.1) is 5.41 Å². The number of ether oxygens (including phenoxy) is 1. The van der Waals surface area contributed by atoms with Crippen LogP contribution in [0.3, 0.4) is 0 Å². The van der Waals surface area contributed by atoms with E-state index in [9.17, 15) is 9.59 Å². The van der Waals surface area contributed by atoms with Gasteiger partial charge in [0, 0.05) is 39.4 Å². The van der Waals surface area contributed by atoms with E-state index in [2.05, 4.69) is 19.2 Å². The lowest BCUT2D eigenvalue weighted by molar-refractivity contribution is -0.143. The molecule has 0 fully saturated rings. The van der Waals surface area contributed by atoms with Crippen molar-refractivity contribution in [3.63, 3.8) is 0 Å². The molecule has 1 atom stereocenters. The Kier molecular flexibility index (Phi) is 5.66. The summed E-state index contributed by atoms with van der Waals surface area (Å²) in [6.45, 7) is 9.58. The zero-order valence-electron chi connectivity index (χ0n) is 16.8. The van der Waals surface area contributed by atoms with Crippen LogP contribution in [0.25, 0.3) is 0 Å². The Bertz CT molecular complexity index is 912. The van der Waals surface area contributed by atoms with Crippen molar-refractivity contribution in [2.75, 3.05) is 0 Å². The molecule has 0 saturated carbocycles. The Morgan fingerprint density at radius 1 is 1.25 bits per heavy atom. The van der Waals surface area contributed by atoms with Crippen molar-refractivity contribution >= 4 is 35.0 Å². The third-order valence-corrected chi connectivity index (χ3v) is 5.64. The smallest absolute Gasteiger partial charge is 0.337 e.